The summed E-state index contributed by atoms with van der Waals surface area (Å²) in [5, 5.41) is 0. The van der Waals surface area contributed by atoms with Crippen molar-refractivity contribution in [2.24, 2.45) is 17.8 Å². The molecule has 2 aliphatic carbocycles. The lowest BCUT2D eigenvalue weighted by Crippen LogP contribution is -2.33. The summed E-state index contributed by atoms with van der Waals surface area (Å²) in [5.74, 6) is 2.22. The summed E-state index contributed by atoms with van der Waals surface area (Å²) in [6, 6.07) is 1.08. The van der Waals surface area contributed by atoms with Gasteiger partial charge in [-0.3, -0.25) is 0 Å². The predicted molar refractivity (Wildman–Crippen MR) is 72.0 cm³/mol. The van der Waals surface area contributed by atoms with Gasteiger partial charge in [-0.2, -0.15) is 0 Å². The zero-order chi connectivity index (χ0) is 12.5. The fourth-order valence-corrected chi connectivity index (χ4v) is 4.92. The maximum Gasteiger partial charge on any atom is 0.316 e. The van der Waals surface area contributed by atoms with E-state index in [0.29, 0.717) is 0 Å². The Bertz CT molecular complexity index is 346. The van der Waals surface area contributed by atoms with Gasteiger partial charge in [-0.1, -0.05) is 18.7 Å². The van der Waals surface area contributed by atoms with Crippen molar-refractivity contribution in [3.05, 3.63) is 24.8 Å². The van der Waals surface area contributed by atoms with Crippen LogP contribution < -0.4 is 0 Å². The number of allylic oxidation sites excluding steroid dienone is 2. The van der Waals surface area contributed by atoms with Crippen molar-refractivity contribution in [3.8, 4) is 0 Å². The summed E-state index contributed by atoms with van der Waals surface area (Å²) in [7, 11) is -1.83. The van der Waals surface area contributed by atoms with Crippen LogP contribution >= 0.6 is 0 Å². The fraction of sp³-hybridized carbons (Fsp3) is 0.643. The molecule has 3 heteroatoms. The Morgan fingerprint density at radius 1 is 1.47 bits per heavy atom. The molecule has 0 aromatic carbocycles. The third-order valence-corrected chi connectivity index (χ3v) is 6.32. The van der Waals surface area contributed by atoms with E-state index in [0.717, 1.165) is 23.8 Å². The molecule has 0 spiro atoms. The molecular weight excluding hydrogens is 228 g/mol. The molecule has 0 aromatic rings. The quantitative estimate of drug-likeness (QED) is 0.424. The standard InChI is InChI=1S/C14H22O2Si/c1-4-14(15)16-17(2,3)8-7-13-10-11-5-6-12(13)9-11/h4-6,11-13H,1,7-10H2,2-3H3. The first-order valence-corrected chi connectivity index (χ1v) is 9.65. The highest BCUT2D eigenvalue weighted by Crippen LogP contribution is 2.45. The lowest BCUT2D eigenvalue weighted by molar-refractivity contribution is -0.129. The van der Waals surface area contributed by atoms with Crippen molar-refractivity contribution in [2.75, 3.05) is 0 Å². The summed E-state index contributed by atoms with van der Waals surface area (Å²) >= 11 is 0. The van der Waals surface area contributed by atoms with Crippen LogP contribution in [0.2, 0.25) is 19.1 Å². The minimum Gasteiger partial charge on any atom is -0.517 e. The van der Waals surface area contributed by atoms with Crippen molar-refractivity contribution in [2.45, 2.75) is 38.4 Å². The lowest BCUT2D eigenvalue weighted by Gasteiger charge is -2.25. The van der Waals surface area contributed by atoms with Crippen molar-refractivity contribution < 1.29 is 9.22 Å². The highest BCUT2D eigenvalue weighted by molar-refractivity contribution is 6.72. The van der Waals surface area contributed by atoms with Gasteiger partial charge in [0.05, 0.1) is 0 Å². The molecule has 0 amide bonds. The number of hydrogen-bond acceptors (Lipinski definition) is 2. The predicted octanol–water partition coefficient (Wildman–Crippen LogP) is 3.52. The second-order valence-electron chi connectivity index (χ2n) is 5.96. The van der Waals surface area contributed by atoms with Crippen LogP contribution in [0.5, 0.6) is 0 Å². The molecule has 17 heavy (non-hydrogen) atoms. The summed E-state index contributed by atoms with van der Waals surface area (Å²) in [4.78, 5) is 11.2. The first-order valence-electron chi connectivity index (χ1n) is 6.54. The molecule has 0 radical (unpaired) electrons. The van der Waals surface area contributed by atoms with Crippen LogP contribution in [0.1, 0.15) is 19.3 Å². The van der Waals surface area contributed by atoms with E-state index in [4.69, 9.17) is 4.43 Å². The third-order valence-electron chi connectivity index (χ3n) is 4.08. The molecule has 0 N–H and O–H groups in total. The van der Waals surface area contributed by atoms with Gasteiger partial charge in [0.1, 0.15) is 0 Å². The Labute approximate surface area is 105 Å². The summed E-state index contributed by atoms with van der Waals surface area (Å²) < 4.78 is 5.49. The minimum atomic E-state index is -1.83. The molecule has 0 heterocycles. The van der Waals surface area contributed by atoms with Crippen LogP contribution in [0.25, 0.3) is 0 Å². The number of carbonyl (C=O) groups excluding carboxylic acids is 1. The SMILES string of the molecule is C=CC(=O)O[Si](C)(C)CCC1CC2C=CC1C2. The average molecular weight is 250 g/mol. The molecule has 2 bridgehead atoms. The monoisotopic (exact) mass is 250 g/mol. The Hall–Kier alpha value is -0.833. The number of hydrogen-bond donors (Lipinski definition) is 0. The molecule has 0 aromatic heterocycles. The van der Waals surface area contributed by atoms with Crippen LogP contribution in [0, 0.1) is 17.8 Å². The largest absolute Gasteiger partial charge is 0.517 e. The van der Waals surface area contributed by atoms with Crippen LogP contribution in [0.15, 0.2) is 24.8 Å². The van der Waals surface area contributed by atoms with Gasteiger partial charge in [-0.25, -0.2) is 4.79 Å². The van der Waals surface area contributed by atoms with Gasteiger partial charge in [0, 0.05) is 6.08 Å². The van der Waals surface area contributed by atoms with Crippen molar-refractivity contribution >= 4 is 14.3 Å². The molecule has 94 valence electrons. The summed E-state index contributed by atoms with van der Waals surface area (Å²) in [5.41, 5.74) is 0. The van der Waals surface area contributed by atoms with Crippen molar-refractivity contribution in [1.29, 1.82) is 0 Å². The lowest BCUT2D eigenvalue weighted by atomic mass is 9.91. The summed E-state index contributed by atoms with van der Waals surface area (Å²) in [6.45, 7) is 7.70. The second-order valence-corrected chi connectivity index (χ2v) is 10.2. The molecule has 0 saturated heterocycles. The smallest absolute Gasteiger partial charge is 0.316 e. The number of rotatable bonds is 5. The van der Waals surface area contributed by atoms with E-state index in [-0.39, 0.29) is 5.97 Å². The molecule has 2 aliphatic rings. The molecule has 1 fully saturated rings. The molecular formula is C14H22O2Si. The summed E-state index contributed by atoms with van der Waals surface area (Å²) in [6.07, 6.45) is 9.97. The molecule has 3 unspecified atom stereocenters. The molecule has 2 nitrogen and oxygen atoms in total. The van der Waals surface area contributed by atoms with Gasteiger partial charge in [-0.15, -0.1) is 0 Å². The Balaban J connectivity index is 1.79. The van der Waals surface area contributed by atoms with Crippen molar-refractivity contribution in [1.82, 2.24) is 0 Å². The first kappa shape index (κ1) is 12.6. The highest BCUT2D eigenvalue weighted by Gasteiger charge is 2.37. The molecule has 2 rings (SSSR count). The van der Waals surface area contributed by atoms with E-state index in [1.54, 1.807) is 0 Å². The topological polar surface area (TPSA) is 26.3 Å². The Kier molecular flexibility index (Phi) is 3.57. The van der Waals surface area contributed by atoms with Crippen LogP contribution in [-0.2, 0) is 9.22 Å². The van der Waals surface area contributed by atoms with E-state index in [1.807, 2.05) is 0 Å². The normalized spacial score (nSPS) is 30.6. The van der Waals surface area contributed by atoms with Crippen molar-refractivity contribution in [3.63, 3.8) is 0 Å². The number of carbonyl (C=O) groups is 1. The molecule has 0 aliphatic heterocycles. The van der Waals surface area contributed by atoms with E-state index < -0.39 is 8.32 Å². The Morgan fingerprint density at radius 2 is 2.24 bits per heavy atom. The fourth-order valence-electron chi connectivity index (χ4n) is 3.12. The van der Waals surface area contributed by atoms with Crippen LogP contribution in [0.4, 0.5) is 0 Å². The third kappa shape index (κ3) is 3.09. The highest BCUT2D eigenvalue weighted by atomic mass is 28.4. The average Bonchev–Trinajstić information content (AvgIpc) is 2.87. The van der Waals surface area contributed by atoms with Crippen LogP contribution in [-0.4, -0.2) is 14.3 Å². The van der Waals surface area contributed by atoms with E-state index in [1.165, 1.54) is 25.3 Å². The van der Waals surface area contributed by atoms with Gasteiger partial charge in [0.15, 0.2) is 0 Å². The van der Waals surface area contributed by atoms with Gasteiger partial charge in [-0.05, 0) is 56.2 Å². The zero-order valence-corrected chi connectivity index (χ0v) is 11.8. The van der Waals surface area contributed by atoms with E-state index in [2.05, 4.69) is 31.8 Å². The first-order chi connectivity index (χ1) is 8.00. The van der Waals surface area contributed by atoms with Crippen LogP contribution in [0.3, 0.4) is 0 Å². The molecule has 3 atom stereocenters. The van der Waals surface area contributed by atoms with Gasteiger partial charge >= 0.3 is 5.97 Å². The maximum atomic E-state index is 11.2. The Morgan fingerprint density at radius 3 is 2.76 bits per heavy atom. The van der Waals surface area contributed by atoms with Gasteiger partial charge < -0.3 is 4.43 Å². The maximum absolute atomic E-state index is 11.2. The zero-order valence-electron chi connectivity index (χ0n) is 10.8. The van der Waals surface area contributed by atoms with Gasteiger partial charge in [0.2, 0.25) is 8.32 Å². The van der Waals surface area contributed by atoms with Gasteiger partial charge in [0.25, 0.3) is 0 Å². The number of fused-ring (bicyclic) bond motifs is 2. The molecule has 1 saturated carbocycles. The second kappa shape index (κ2) is 4.81. The van der Waals surface area contributed by atoms with E-state index >= 15 is 0 Å². The minimum absolute atomic E-state index is 0.255. The van der Waals surface area contributed by atoms with E-state index in [9.17, 15) is 4.79 Å².